The van der Waals surface area contributed by atoms with Crippen LogP contribution in [0.4, 0.5) is 0 Å². The molecule has 1 amide bonds. The Bertz CT molecular complexity index is 823. The van der Waals surface area contributed by atoms with Crippen molar-refractivity contribution in [1.29, 1.82) is 0 Å². The van der Waals surface area contributed by atoms with Gasteiger partial charge in [-0.3, -0.25) is 4.79 Å². The maximum atomic E-state index is 13.4. The van der Waals surface area contributed by atoms with E-state index in [1.807, 2.05) is 0 Å². The highest BCUT2D eigenvalue weighted by Gasteiger charge is 2.36. The molecule has 2 aliphatic rings. The molecule has 1 heterocycles. The Morgan fingerprint density at radius 3 is 2.34 bits per heavy atom. The first kappa shape index (κ1) is 28.7. The van der Waals surface area contributed by atoms with Crippen LogP contribution in [-0.4, -0.2) is 44.9 Å². The zero-order valence-electron chi connectivity index (χ0n) is 17.7. The molecule has 2 fully saturated rings. The van der Waals surface area contributed by atoms with Crippen LogP contribution >= 0.6 is 11.6 Å². The average Bonchev–Trinajstić information content (AvgIpc) is 2.72. The summed E-state index contributed by atoms with van der Waals surface area (Å²) in [5, 5.41) is 3.41. The third kappa shape index (κ3) is 7.09. The average molecular weight is 489 g/mol. The normalized spacial score (nSPS) is 20.8. The van der Waals surface area contributed by atoms with Gasteiger partial charge in [-0.05, 0) is 43.9 Å². The zero-order valence-corrected chi connectivity index (χ0v) is 19.3. The molecule has 1 aliphatic heterocycles. The minimum atomic E-state index is -3.79. The summed E-state index contributed by atoms with van der Waals surface area (Å²) in [5.74, 6) is 0.398. The van der Waals surface area contributed by atoms with E-state index in [9.17, 15) is 13.2 Å². The number of sulfonamides is 1. The molecule has 8 heteroatoms. The number of halogens is 1. The fourth-order valence-corrected chi connectivity index (χ4v) is 6.67. The molecule has 0 radical (unpaired) electrons. The number of hydrogen-bond donors (Lipinski definition) is 1. The van der Waals surface area contributed by atoms with Crippen LogP contribution in [0.5, 0.6) is 5.75 Å². The Labute approximate surface area is 200 Å². The molecular formula is C24H41ClN2O4S. The van der Waals surface area contributed by atoms with Gasteiger partial charge in [-0.2, -0.15) is 4.31 Å². The zero-order chi connectivity index (χ0) is 21.6. The van der Waals surface area contributed by atoms with Gasteiger partial charge >= 0.3 is 0 Å². The Morgan fingerprint density at radius 1 is 1.06 bits per heavy atom. The van der Waals surface area contributed by atoms with Gasteiger partial charge in [0.2, 0.25) is 15.9 Å². The molecule has 6 nitrogen and oxygen atoms in total. The van der Waals surface area contributed by atoms with Crippen LogP contribution in [0, 0.1) is 5.92 Å². The Balaban J connectivity index is 0.00000256. The summed E-state index contributed by atoms with van der Waals surface area (Å²) in [4.78, 5) is 12.8. The molecule has 1 saturated heterocycles. The van der Waals surface area contributed by atoms with Gasteiger partial charge in [0.15, 0.2) is 0 Å². The van der Waals surface area contributed by atoms with Crippen LogP contribution in [0.3, 0.4) is 0 Å². The van der Waals surface area contributed by atoms with E-state index in [0.717, 1.165) is 44.9 Å². The van der Waals surface area contributed by atoms with Crippen molar-refractivity contribution in [3.63, 3.8) is 0 Å². The van der Waals surface area contributed by atoms with E-state index >= 15 is 0 Å². The lowest BCUT2D eigenvalue weighted by molar-refractivity contribution is -0.125. The van der Waals surface area contributed by atoms with E-state index in [1.54, 1.807) is 12.1 Å². The molecule has 1 unspecified atom stereocenters. The van der Waals surface area contributed by atoms with Crippen molar-refractivity contribution >= 4 is 27.5 Å². The topological polar surface area (TPSA) is 75.7 Å². The SMILES string of the molecule is C.C.COc1ccc(Cl)cc1S(=O)(=O)N1CCCCC1CNC(=O)C1CCCCCCC1. The maximum absolute atomic E-state index is 13.4. The van der Waals surface area contributed by atoms with E-state index in [2.05, 4.69) is 5.32 Å². The predicted molar refractivity (Wildman–Crippen MR) is 132 cm³/mol. The summed E-state index contributed by atoms with van der Waals surface area (Å²) >= 11 is 6.07. The summed E-state index contributed by atoms with van der Waals surface area (Å²) in [6, 6.07) is 4.37. The molecular weight excluding hydrogens is 448 g/mol. The van der Waals surface area contributed by atoms with Gasteiger partial charge in [-0.15, -0.1) is 0 Å². The van der Waals surface area contributed by atoms with Gasteiger partial charge in [-0.25, -0.2) is 8.42 Å². The lowest BCUT2D eigenvalue weighted by atomic mass is 9.90. The van der Waals surface area contributed by atoms with Gasteiger partial charge in [0.1, 0.15) is 10.6 Å². The number of hydrogen-bond acceptors (Lipinski definition) is 4. The van der Waals surface area contributed by atoms with Gasteiger partial charge in [0.25, 0.3) is 0 Å². The lowest BCUT2D eigenvalue weighted by Crippen LogP contribution is -2.50. The van der Waals surface area contributed by atoms with Crippen molar-refractivity contribution in [3.05, 3.63) is 23.2 Å². The summed E-state index contributed by atoms with van der Waals surface area (Å²) < 4.78 is 33.7. The number of piperidine rings is 1. The minimum Gasteiger partial charge on any atom is -0.495 e. The standard InChI is InChI=1S/C22H33ClN2O4S.2CH4/c1-29-20-13-12-18(23)15-21(20)30(27,28)25-14-8-7-11-19(25)16-24-22(26)17-9-5-3-2-4-6-10-17;;/h12-13,15,17,19H,2-11,14,16H2,1H3,(H,24,26);2*1H4. The summed E-state index contributed by atoms with van der Waals surface area (Å²) in [6.45, 7) is 0.777. The van der Waals surface area contributed by atoms with Crippen LogP contribution < -0.4 is 10.1 Å². The molecule has 1 aromatic rings. The van der Waals surface area contributed by atoms with Crippen molar-refractivity contribution in [2.45, 2.75) is 90.0 Å². The van der Waals surface area contributed by atoms with Crippen molar-refractivity contribution in [3.8, 4) is 5.75 Å². The smallest absolute Gasteiger partial charge is 0.247 e. The molecule has 1 saturated carbocycles. The van der Waals surface area contributed by atoms with Crippen molar-refractivity contribution in [2.24, 2.45) is 5.92 Å². The van der Waals surface area contributed by atoms with Crippen molar-refractivity contribution in [1.82, 2.24) is 9.62 Å². The number of benzene rings is 1. The number of nitrogens with zero attached hydrogens (tertiary/aromatic N) is 1. The van der Waals surface area contributed by atoms with E-state index in [1.165, 1.54) is 36.7 Å². The molecule has 0 spiro atoms. The molecule has 3 rings (SSSR count). The van der Waals surface area contributed by atoms with E-state index in [-0.39, 0.29) is 43.4 Å². The molecule has 0 aromatic heterocycles. The first-order valence-electron chi connectivity index (χ1n) is 11.1. The number of ether oxygens (including phenoxy) is 1. The Hall–Kier alpha value is -1.31. The number of nitrogens with one attached hydrogen (secondary N) is 1. The molecule has 184 valence electrons. The van der Waals surface area contributed by atoms with E-state index in [4.69, 9.17) is 16.3 Å². The van der Waals surface area contributed by atoms with Crippen LogP contribution in [-0.2, 0) is 14.8 Å². The highest BCUT2D eigenvalue weighted by molar-refractivity contribution is 7.89. The molecule has 1 aromatic carbocycles. The molecule has 1 N–H and O–H groups in total. The lowest BCUT2D eigenvalue weighted by Gasteiger charge is -2.35. The molecule has 0 bridgehead atoms. The van der Waals surface area contributed by atoms with Crippen LogP contribution in [0.25, 0.3) is 0 Å². The third-order valence-corrected chi connectivity index (χ3v) is 8.48. The van der Waals surface area contributed by atoms with Gasteiger partial charge in [-0.1, -0.05) is 65.0 Å². The summed E-state index contributed by atoms with van der Waals surface area (Å²) in [5.41, 5.74) is 0. The van der Waals surface area contributed by atoms with Crippen LogP contribution in [0.2, 0.25) is 5.02 Å². The van der Waals surface area contributed by atoms with Gasteiger partial charge < -0.3 is 10.1 Å². The summed E-state index contributed by atoms with van der Waals surface area (Å²) in [6.07, 6.45) is 10.2. The second kappa shape index (κ2) is 13.4. The third-order valence-electron chi connectivity index (χ3n) is 6.27. The van der Waals surface area contributed by atoms with Crippen LogP contribution in [0.15, 0.2) is 23.1 Å². The highest BCUT2D eigenvalue weighted by Crippen LogP contribution is 2.33. The molecule has 32 heavy (non-hydrogen) atoms. The highest BCUT2D eigenvalue weighted by atomic mass is 35.5. The fourth-order valence-electron chi connectivity index (χ4n) is 4.55. The van der Waals surface area contributed by atoms with Crippen LogP contribution in [0.1, 0.15) is 79.1 Å². The second-order valence-corrected chi connectivity index (χ2v) is 10.6. The van der Waals surface area contributed by atoms with E-state index < -0.39 is 10.0 Å². The Morgan fingerprint density at radius 2 is 1.69 bits per heavy atom. The first-order chi connectivity index (χ1) is 14.4. The predicted octanol–water partition coefficient (Wildman–Crippen LogP) is 5.64. The summed E-state index contributed by atoms with van der Waals surface area (Å²) in [7, 11) is -2.34. The monoisotopic (exact) mass is 488 g/mol. The number of amides is 1. The molecule has 1 aliphatic carbocycles. The minimum absolute atomic E-state index is 0. The van der Waals surface area contributed by atoms with Crippen molar-refractivity contribution in [2.75, 3.05) is 20.2 Å². The number of methoxy groups -OCH3 is 1. The maximum Gasteiger partial charge on any atom is 0.247 e. The number of carbonyl (C=O) groups is 1. The number of rotatable bonds is 6. The fraction of sp³-hybridized carbons (Fsp3) is 0.708. The number of carbonyl (C=O) groups excluding carboxylic acids is 1. The Kier molecular flexibility index (Phi) is 12.0. The van der Waals surface area contributed by atoms with Gasteiger partial charge in [0, 0.05) is 30.1 Å². The van der Waals surface area contributed by atoms with E-state index in [0.29, 0.717) is 18.1 Å². The van der Waals surface area contributed by atoms with Crippen molar-refractivity contribution < 1.29 is 17.9 Å². The largest absolute Gasteiger partial charge is 0.495 e. The quantitative estimate of drug-likeness (QED) is 0.562. The molecule has 1 atom stereocenters. The second-order valence-electron chi connectivity index (χ2n) is 8.35. The first-order valence-corrected chi connectivity index (χ1v) is 12.9. The van der Waals surface area contributed by atoms with Gasteiger partial charge in [0.05, 0.1) is 7.11 Å².